The Balaban J connectivity index is 1.67. The van der Waals surface area contributed by atoms with Gasteiger partial charge in [-0.3, -0.25) is 4.79 Å². The number of carbonyl (C=O) groups excluding carboxylic acids is 1. The first-order valence-electron chi connectivity index (χ1n) is 11.3. The van der Waals surface area contributed by atoms with Gasteiger partial charge in [-0.1, -0.05) is 53.2 Å². The van der Waals surface area contributed by atoms with E-state index in [2.05, 4.69) is 35.5 Å². The third-order valence-corrected chi connectivity index (χ3v) is 5.21. The van der Waals surface area contributed by atoms with Crippen LogP contribution in [0.15, 0.2) is 91.0 Å². The minimum atomic E-state index is -0.978. The van der Waals surface area contributed by atoms with E-state index in [0.717, 1.165) is 27.8 Å². The molecule has 0 fully saturated rings. The second-order valence-corrected chi connectivity index (χ2v) is 8.04. The molecular formula is C33H20O4. The first kappa shape index (κ1) is 24.6. The van der Waals surface area contributed by atoms with E-state index in [1.807, 2.05) is 49.4 Å². The lowest BCUT2D eigenvalue weighted by atomic mass is 10.0. The fourth-order valence-corrected chi connectivity index (χ4v) is 3.28. The summed E-state index contributed by atoms with van der Waals surface area (Å²) in [5, 5.41) is 9.08. The van der Waals surface area contributed by atoms with Crippen molar-refractivity contribution in [2.24, 2.45) is 0 Å². The highest BCUT2D eigenvalue weighted by atomic mass is 16.5. The first-order valence-corrected chi connectivity index (χ1v) is 11.3. The molecule has 0 saturated carbocycles. The Morgan fingerprint density at radius 2 is 1.00 bits per heavy atom. The van der Waals surface area contributed by atoms with Gasteiger partial charge in [0, 0.05) is 33.4 Å². The lowest BCUT2D eigenvalue weighted by Crippen LogP contribution is -1.94. The number of hydrogen-bond donors (Lipinski definition) is 1. The van der Waals surface area contributed by atoms with Crippen LogP contribution in [0.3, 0.4) is 0 Å². The summed E-state index contributed by atoms with van der Waals surface area (Å²) in [5.41, 5.74) is 6.00. The molecule has 0 aliphatic heterocycles. The van der Waals surface area contributed by atoms with Crippen molar-refractivity contribution in [1.29, 1.82) is 0 Å². The first-order chi connectivity index (χ1) is 18.0. The van der Waals surface area contributed by atoms with Gasteiger partial charge in [-0.15, -0.1) is 0 Å². The van der Waals surface area contributed by atoms with E-state index in [9.17, 15) is 9.59 Å². The number of aromatic carboxylic acids is 1. The Morgan fingerprint density at radius 3 is 1.41 bits per heavy atom. The summed E-state index contributed by atoms with van der Waals surface area (Å²) >= 11 is 0. The Kier molecular flexibility index (Phi) is 7.83. The molecule has 0 bridgehead atoms. The van der Waals surface area contributed by atoms with E-state index in [0.29, 0.717) is 17.8 Å². The Labute approximate surface area is 215 Å². The normalized spacial score (nSPS) is 9.43. The quantitative estimate of drug-likeness (QED) is 0.314. The molecule has 0 aromatic heterocycles. The number of aryl methyl sites for hydroxylation is 1. The summed E-state index contributed by atoms with van der Waals surface area (Å²) in [7, 11) is 0. The highest BCUT2D eigenvalue weighted by molar-refractivity contribution is 5.87. The second-order valence-electron chi connectivity index (χ2n) is 8.04. The average molecular weight is 481 g/mol. The van der Waals surface area contributed by atoms with Crippen LogP contribution >= 0.6 is 0 Å². The van der Waals surface area contributed by atoms with Crippen LogP contribution in [0.4, 0.5) is 0 Å². The largest absolute Gasteiger partial charge is 0.478 e. The van der Waals surface area contributed by atoms with E-state index in [1.165, 1.54) is 17.7 Å². The van der Waals surface area contributed by atoms with Crippen molar-refractivity contribution in [2.45, 2.75) is 6.92 Å². The van der Waals surface area contributed by atoms with Gasteiger partial charge >= 0.3 is 5.97 Å². The molecule has 4 nitrogen and oxygen atoms in total. The van der Waals surface area contributed by atoms with Gasteiger partial charge in [-0.2, -0.15) is 0 Å². The van der Waals surface area contributed by atoms with Crippen molar-refractivity contribution in [3.8, 4) is 41.3 Å². The topological polar surface area (TPSA) is 63.6 Å². The molecule has 0 amide bonds. The second kappa shape index (κ2) is 11.8. The summed E-state index contributed by atoms with van der Waals surface area (Å²) in [6.07, 6.45) is 0. The number of rotatable bonds is 3. The molecule has 4 heteroatoms. The summed E-state index contributed by atoms with van der Waals surface area (Å²) < 4.78 is 4.82. The van der Waals surface area contributed by atoms with Crippen molar-refractivity contribution >= 4 is 12.4 Å². The SMILES string of the molecule is Cc1ccc(C#Cc2cc(C#Cc3ccc(OC=O)cc3)cc(C#Cc3ccc(C(=O)O)cc3)c2)cc1. The van der Waals surface area contributed by atoms with Crippen molar-refractivity contribution in [2.75, 3.05) is 0 Å². The summed E-state index contributed by atoms with van der Waals surface area (Å²) in [6.45, 7) is 2.41. The predicted molar refractivity (Wildman–Crippen MR) is 142 cm³/mol. The number of ether oxygens (including phenoxy) is 1. The molecule has 0 atom stereocenters. The Bertz CT molecular complexity index is 1630. The minimum absolute atomic E-state index is 0.210. The van der Waals surface area contributed by atoms with Gasteiger partial charge in [0.05, 0.1) is 5.56 Å². The zero-order chi connectivity index (χ0) is 26.0. The summed E-state index contributed by atoms with van der Waals surface area (Å²) in [5.74, 6) is 18.3. The molecule has 0 aliphatic carbocycles. The standard InChI is InChI=1S/C33H20O4/c1-24-2-4-25(5-3-24)6-9-28-20-29(10-7-26-12-16-31(17-13-26)33(35)36)22-30(21-28)11-8-27-14-18-32(19-15-27)37-23-34/h2-5,12-23H,1H3,(H,35,36). The lowest BCUT2D eigenvalue weighted by molar-refractivity contribution is -0.120. The van der Waals surface area contributed by atoms with Crippen molar-refractivity contribution in [3.05, 3.63) is 136 Å². The molecule has 176 valence electrons. The molecule has 0 aliphatic rings. The van der Waals surface area contributed by atoms with E-state index in [1.54, 1.807) is 36.4 Å². The molecule has 1 N–H and O–H groups in total. The zero-order valence-electron chi connectivity index (χ0n) is 19.9. The van der Waals surface area contributed by atoms with Crippen LogP contribution in [0, 0.1) is 42.4 Å². The highest BCUT2D eigenvalue weighted by Crippen LogP contribution is 2.13. The number of carboxylic acids is 1. The number of benzene rings is 4. The van der Waals surface area contributed by atoms with Crippen LogP contribution < -0.4 is 4.74 Å². The van der Waals surface area contributed by atoms with Crippen LogP contribution in [0.1, 0.15) is 49.3 Å². The van der Waals surface area contributed by atoms with Crippen LogP contribution in [0.2, 0.25) is 0 Å². The fraction of sp³-hybridized carbons (Fsp3) is 0.0303. The molecule has 4 aromatic rings. The molecule has 0 saturated heterocycles. The van der Waals surface area contributed by atoms with Gasteiger partial charge in [0.2, 0.25) is 0 Å². The molecular weight excluding hydrogens is 460 g/mol. The third-order valence-electron chi connectivity index (χ3n) is 5.21. The van der Waals surface area contributed by atoms with Crippen LogP contribution in [0.25, 0.3) is 0 Å². The summed E-state index contributed by atoms with van der Waals surface area (Å²) in [4.78, 5) is 21.6. The average Bonchev–Trinajstić information content (AvgIpc) is 2.91. The van der Waals surface area contributed by atoms with Gasteiger partial charge in [0.1, 0.15) is 5.75 Å². The molecule has 0 spiro atoms. The van der Waals surface area contributed by atoms with E-state index < -0.39 is 5.97 Å². The van der Waals surface area contributed by atoms with E-state index >= 15 is 0 Å². The van der Waals surface area contributed by atoms with Crippen LogP contribution in [-0.2, 0) is 4.79 Å². The highest BCUT2D eigenvalue weighted by Gasteiger charge is 2.01. The van der Waals surface area contributed by atoms with Gasteiger partial charge < -0.3 is 9.84 Å². The predicted octanol–water partition coefficient (Wildman–Crippen LogP) is 5.43. The maximum Gasteiger partial charge on any atom is 0.335 e. The van der Waals surface area contributed by atoms with Gasteiger partial charge in [-0.05, 0) is 85.8 Å². The molecule has 0 radical (unpaired) electrons. The van der Waals surface area contributed by atoms with E-state index in [4.69, 9.17) is 9.84 Å². The monoisotopic (exact) mass is 480 g/mol. The van der Waals surface area contributed by atoms with Crippen molar-refractivity contribution < 1.29 is 19.4 Å². The maximum atomic E-state index is 11.1. The van der Waals surface area contributed by atoms with Crippen molar-refractivity contribution in [3.63, 3.8) is 0 Å². The molecule has 0 heterocycles. The lowest BCUT2D eigenvalue weighted by Gasteiger charge is -1.99. The smallest absolute Gasteiger partial charge is 0.335 e. The summed E-state index contributed by atoms with van der Waals surface area (Å²) in [6, 6.07) is 27.0. The molecule has 4 aromatic carbocycles. The Hall–Kier alpha value is -5.50. The molecule has 4 rings (SSSR count). The molecule has 37 heavy (non-hydrogen) atoms. The number of carboxylic acid groups (broad SMARTS) is 1. The van der Waals surface area contributed by atoms with Gasteiger partial charge in [0.15, 0.2) is 0 Å². The van der Waals surface area contributed by atoms with Gasteiger partial charge in [0.25, 0.3) is 6.47 Å². The molecule has 0 unspecified atom stereocenters. The van der Waals surface area contributed by atoms with Crippen LogP contribution in [0.5, 0.6) is 5.75 Å². The zero-order valence-corrected chi connectivity index (χ0v) is 19.9. The number of hydrogen-bond acceptors (Lipinski definition) is 3. The number of carbonyl (C=O) groups is 2. The third kappa shape index (κ3) is 7.24. The fourth-order valence-electron chi connectivity index (χ4n) is 3.28. The van der Waals surface area contributed by atoms with Gasteiger partial charge in [-0.25, -0.2) is 4.79 Å². The van der Waals surface area contributed by atoms with Crippen molar-refractivity contribution in [1.82, 2.24) is 0 Å². The Morgan fingerprint density at radius 1 is 0.622 bits per heavy atom. The van der Waals surface area contributed by atoms with E-state index in [-0.39, 0.29) is 5.56 Å². The minimum Gasteiger partial charge on any atom is -0.478 e. The maximum absolute atomic E-state index is 11.1. The van der Waals surface area contributed by atoms with Crippen LogP contribution in [-0.4, -0.2) is 17.5 Å².